The number of carbonyl (C=O) groups is 1. The average Bonchev–Trinajstić information content (AvgIpc) is 2.36. The maximum absolute atomic E-state index is 11.9. The monoisotopic (exact) mass is 270 g/mol. The normalized spacial score (nSPS) is 43.5. The Balaban J connectivity index is 1.72. The number of amides is 1. The molecule has 2 N–H and O–H groups in total. The maximum atomic E-state index is 11.9. The highest BCUT2D eigenvalue weighted by molar-refractivity contribution is 7.80. The molecule has 1 saturated carbocycles. The van der Waals surface area contributed by atoms with E-state index in [0.29, 0.717) is 17.1 Å². The lowest BCUT2D eigenvalue weighted by atomic mass is 9.76. The van der Waals surface area contributed by atoms with Crippen molar-refractivity contribution in [3.63, 3.8) is 0 Å². The second-order valence-corrected chi connectivity index (χ2v) is 5.74. The Morgan fingerprint density at radius 2 is 2.22 bits per heavy atom. The van der Waals surface area contributed by atoms with Crippen molar-refractivity contribution >= 4 is 23.2 Å². The first-order valence-electron chi connectivity index (χ1n) is 6.47. The number of nitrogens with one attached hydrogen (secondary N) is 2. The van der Waals surface area contributed by atoms with E-state index in [1.165, 1.54) is 0 Å². The highest BCUT2D eigenvalue weighted by atomic mass is 32.1. The van der Waals surface area contributed by atoms with Gasteiger partial charge in [0.1, 0.15) is 6.23 Å². The third kappa shape index (κ3) is 2.13. The summed E-state index contributed by atoms with van der Waals surface area (Å²) in [5.74, 6) is 0.277. The quantitative estimate of drug-likeness (QED) is 0.681. The van der Waals surface area contributed by atoms with E-state index in [0.717, 1.165) is 25.7 Å². The molecular weight excluding hydrogens is 252 g/mol. The van der Waals surface area contributed by atoms with E-state index in [2.05, 4.69) is 10.6 Å². The number of fused-ring (bicyclic) bond motifs is 2. The van der Waals surface area contributed by atoms with Crippen LogP contribution in [0.2, 0.25) is 0 Å². The molecule has 2 heterocycles. The van der Waals surface area contributed by atoms with E-state index in [9.17, 15) is 4.79 Å². The van der Waals surface area contributed by atoms with Crippen LogP contribution < -0.4 is 10.6 Å². The molecule has 2 saturated heterocycles. The van der Waals surface area contributed by atoms with Crippen LogP contribution in [0.1, 0.15) is 25.7 Å². The van der Waals surface area contributed by atoms with Gasteiger partial charge in [-0.25, -0.2) is 0 Å². The molecule has 5 nitrogen and oxygen atoms in total. The van der Waals surface area contributed by atoms with E-state index in [1.54, 1.807) is 7.11 Å². The lowest BCUT2D eigenvalue weighted by molar-refractivity contribution is -0.166. The predicted octanol–water partition coefficient (Wildman–Crippen LogP) is 0.537. The van der Waals surface area contributed by atoms with E-state index in [1.807, 2.05) is 0 Å². The molecule has 0 aromatic rings. The van der Waals surface area contributed by atoms with Crippen LogP contribution in [0, 0.1) is 11.8 Å². The van der Waals surface area contributed by atoms with Gasteiger partial charge >= 0.3 is 0 Å². The van der Waals surface area contributed by atoms with Crippen molar-refractivity contribution < 1.29 is 14.3 Å². The molecule has 0 aromatic heterocycles. The predicted molar refractivity (Wildman–Crippen MR) is 68.8 cm³/mol. The van der Waals surface area contributed by atoms with Gasteiger partial charge in [0.2, 0.25) is 5.91 Å². The molecule has 1 amide bonds. The van der Waals surface area contributed by atoms with E-state index >= 15 is 0 Å². The number of methoxy groups -OCH3 is 1. The van der Waals surface area contributed by atoms with Crippen molar-refractivity contribution in [1.82, 2.24) is 10.6 Å². The lowest BCUT2D eigenvalue weighted by Crippen LogP contribution is -2.63. The van der Waals surface area contributed by atoms with Crippen LogP contribution in [-0.4, -0.2) is 36.6 Å². The fraction of sp³-hybridized carbons (Fsp3) is 0.833. The molecule has 0 radical (unpaired) electrons. The summed E-state index contributed by atoms with van der Waals surface area (Å²) in [6.45, 7) is 0. The van der Waals surface area contributed by atoms with E-state index < -0.39 is 0 Å². The van der Waals surface area contributed by atoms with Crippen molar-refractivity contribution in [2.75, 3.05) is 7.11 Å². The standard InChI is InChI=1S/C12H18N2O3S/c1-16-7-2-3-9-6(4-7)5-8-10(15)13-12(18)14-11(8)17-9/h6-9,11H,2-5H2,1H3,(H2,13,14,15,18). The van der Waals surface area contributed by atoms with E-state index in [4.69, 9.17) is 21.7 Å². The Morgan fingerprint density at radius 1 is 1.39 bits per heavy atom. The van der Waals surface area contributed by atoms with Gasteiger partial charge in [-0.1, -0.05) is 0 Å². The number of thiocarbonyl (C=S) groups is 1. The Morgan fingerprint density at radius 3 is 3.00 bits per heavy atom. The first kappa shape index (κ1) is 12.3. The molecule has 3 rings (SSSR count). The molecule has 0 bridgehead atoms. The molecule has 0 spiro atoms. The summed E-state index contributed by atoms with van der Waals surface area (Å²) in [6, 6.07) is 0. The summed E-state index contributed by atoms with van der Waals surface area (Å²) in [6.07, 6.45) is 4.19. The van der Waals surface area contributed by atoms with Crippen LogP contribution in [0.5, 0.6) is 0 Å². The summed E-state index contributed by atoms with van der Waals surface area (Å²) in [5, 5.41) is 6.10. The van der Waals surface area contributed by atoms with Crippen molar-refractivity contribution in [2.24, 2.45) is 11.8 Å². The first-order valence-corrected chi connectivity index (χ1v) is 6.88. The van der Waals surface area contributed by atoms with Gasteiger partial charge in [0.25, 0.3) is 0 Å². The molecule has 0 aromatic carbocycles. The van der Waals surface area contributed by atoms with Crippen molar-refractivity contribution in [3.8, 4) is 0 Å². The first-order chi connectivity index (χ1) is 8.67. The molecule has 1 aliphatic carbocycles. The minimum Gasteiger partial charge on any atom is -0.381 e. The van der Waals surface area contributed by atoms with Crippen molar-refractivity contribution in [1.29, 1.82) is 0 Å². The average molecular weight is 270 g/mol. The number of hydrogen-bond acceptors (Lipinski definition) is 4. The molecule has 2 aliphatic heterocycles. The molecule has 3 aliphatic rings. The molecule has 5 atom stereocenters. The Bertz CT molecular complexity index is 376. The largest absolute Gasteiger partial charge is 0.381 e. The van der Waals surface area contributed by atoms with Gasteiger partial charge in [-0.15, -0.1) is 0 Å². The summed E-state index contributed by atoms with van der Waals surface area (Å²) in [4.78, 5) is 11.9. The number of hydrogen-bond donors (Lipinski definition) is 2. The molecule has 100 valence electrons. The molecule has 5 unspecified atom stereocenters. The Kier molecular flexibility index (Phi) is 3.25. The third-order valence-corrected chi connectivity index (χ3v) is 4.51. The van der Waals surface area contributed by atoms with Crippen LogP contribution >= 0.6 is 12.2 Å². The van der Waals surface area contributed by atoms with Crippen LogP contribution in [0.25, 0.3) is 0 Å². The van der Waals surface area contributed by atoms with Crippen LogP contribution in [0.3, 0.4) is 0 Å². The van der Waals surface area contributed by atoms with Crippen molar-refractivity contribution in [3.05, 3.63) is 0 Å². The Hall–Kier alpha value is -0.720. The molecular formula is C12H18N2O3S. The van der Waals surface area contributed by atoms with Gasteiger partial charge in [0.05, 0.1) is 18.1 Å². The van der Waals surface area contributed by atoms with Crippen LogP contribution in [0.15, 0.2) is 0 Å². The van der Waals surface area contributed by atoms with Gasteiger partial charge in [-0.3, -0.25) is 4.79 Å². The SMILES string of the molecule is COC1CCC2OC3NC(=S)NC(=O)C3CC2C1. The number of rotatable bonds is 1. The number of carbonyl (C=O) groups excluding carboxylic acids is 1. The van der Waals surface area contributed by atoms with Gasteiger partial charge in [0.15, 0.2) is 5.11 Å². The third-order valence-electron chi connectivity index (χ3n) is 4.29. The van der Waals surface area contributed by atoms with Gasteiger partial charge in [0, 0.05) is 7.11 Å². The summed E-state index contributed by atoms with van der Waals surface area (Å²) in [5.41, 5.74) is 0. The Labute approximate surface area is 112 Å². The molecule has 18 heavy (non-hydrogen) atoms. The highest BCUT2D eigenvalue weighted by Gasteiger charge is 2.46. The number of ether oxygens (including phenoxy) is 2. The van der Waals surface area contributed by atoms with Gasteiger partial charge < -0.3 is 20.1 Å². The van der Waals surface area contributed by atoms with Crippen molar-refractivity contribution in [2.45, 2.75) is 44.1 Å². The van der Waals surface area contributed by atoms with Crippen LogP contribution in [0.4, 0.5) is 0 Å². The fourth-order valence-electron chi connectivity index (χ4n) is 3.32. The van der Waals surface area contributed by atoms with E-state index in [-0.39, 0.29) is 24.2 Å². The fourth-order valence-corrected chi connectivity index (χ4v) is 3.53. The zero-order chi connectivity index (χ0) is 12.7. The molecule has 6 heteroatoms. The second-order valence-electron chi connectivity index (χ2n) is 5.33. The highest BCUT2D eigenvalue weighted by Crippen LogP contribution is 2.39. The second kappa shape index (κ2) is 4.75. The zero-order valence-electron chi connectivity index (χ0n) is 10.3. The lowest BCUT2D eigenvalue weighted by Gasteiger charge is -2.46. The van der Waals surface area contributed by atoms with Gasteiger partial charge in [-0.2, -0.15) is 0 Å². The smallest absolute Gasteiger partial charge is 0.233 e. The minimum absolute atomic E-state index is 0.0123. The van der Waals surface area contributed by atoms with Gasteiger partial charge in [-0.05, 0) is 43.8 Å². The molecule has 3 fully saturated rings. The maximum Gasteiger partial charge on any atom is 0.233 e. The summed E-state index contributed by atoms with van der Waals surface area (Å²) < 4.78 is 11.4. The summed E-state index contributed by atoms with van der Waals surface area (Å²) >= 11 is 4.99. The van der Waals surface area contributed by atoms with Crippen LogP contribution in [-0.2, 0) is 14.3 Å². The zero-order valence-corrected chi connectivity index (χ0v) is 11.2. The summed E-state index contributed by atoms with van der Waals surface area (Å²) in [7, 11) is 1.75. The minimum atomic E-state index is -0.244. The topological polar surface area (TPSA) is 59.6 Å².